The van der Waals surface area contributed by atoms with Crippen LogP contribution in [0.5, 0.6) is 5.88 Å². The number of imidazole rings is 1. The number of nitrogens with one attached hydrogen (secondary N) is 1. The number of thioether (sulfide) groups is 1. The van der Waals surface area contributed by atoms with Crippen LogP contribution in [0.2, 0.25) is 0 Å². The van der Waals surface area contributed by atoms with Gasteiger partial charge in [-0.3, -0.25) is 9.69 Å². The molecule has 0 unspecified atom stereocenters. The van der Waals surface area contributed by atoms with Gasteiger partial charge in [-0.05, 0) is 68.5 Å². The fourth-order valence-corrected chi connectivity index (χ4v) is 6.09. The first kappa shape index (κ1) is 27.2. The normalized spacial score (nSPS) is 16.7. The number of carbonyl (C=O) groups is 2. The van der Waals surface area contributed by atoms with E-state index in [-0.39, 0.29) is 17.9 Å². The van der Waals surface area contributed by atoms with Gasteiger partial charge in [-0.25, -0.2) is 14.8 Å². The molecule has 39 heavy (non-hydrogen) atoms. The summed E-state index contributed by atoms with van der Waals surface area (Å²) in [5.74, 6) is 1.55. The summed E-state index contributed by atoms with van der Waals surface area (Å²) < 4.78 is 7.51. The first-order valence-electron chi connectivity index (χ1n) is 13.7. The van der Waals surface area contributed by atoms with E-state index in [1.54, 1.807) is 28.8 Å². The minimum atomic E-state index is -0.390. The fraction of sp³-hybridized carbons (Fsp3) is 0.448. The molecule has 2 amide bonds. The Balaban J connectivity index is 1.04. The number of benzene rings is 1. The third-order valence-corrected chi connectivity index (χ3v) is 8.64. The van der Waals surface area contributed by atoms with E-state index >= 15 is 0 Å². The summed E-state index contributed by atoms with van der Waals surface area (Å²) in [6.45, 7) is 4.54. The third-order valence-electron chi connectivity index (χ3n) is 7.35. The molecule has 206 valence electrons. The van der Waals surface area contributed by atoms with Gasteiger partial charge < -0.3 is 19.5 Å². The molecule has 2 saturated heterocycles. The molecule has 10 heteroatoms. The Morgan fingerprint density at radius 2 is 1.77 bits per heavy atom. The molecule has 0 atom stereocenters. The second-order valence-corrected chi connectivity index (χ2v) is 11.3. The van der Waals surface area contributed by atoms with Crippen molar-refractivity contribution in [1.29, 1.82) is 0 Å². The number of piperidine rings is 2. The molecule has 0 aliphatic carbocycles. The van der Waals surface area contributed by atoms with Crippen molar-refractivity contribution in [1.82, 2.24) is 24.3 Å². The number of pyridine rings is 1. The van der Waals surface area contributed by atoms with E-state index in [1.807, 2.05) is 48.3 Å². The van der Waals surface area contributed by atoms with Gasteiger partial charge in [0.1, 0.15) is 0 Å². The monoisotopic (exact) mass is 548 g/mol. The minimum absolute atomic E-state index is 0.199. The Hall–Kier alpha value is -3.37. The molecule has 5 rings (SSSR count). The summed E-state index contributed by atoms with van der Waals surface area (Å²) in [6.07, 6.45) is 10.6. The van der Waals surface area contributed by atoms with Crippen molar-refractivity contribution in [3.63, 3.8) is 0 Å². The molecule has 0 bridgehead atoms. The largest absolute Gasteiger partial charge is 0.416 e. The highest BCUT2D eigenvalue weighted by molar-refractivity contribution is 7.99. The third kappa shape index (κ3) is 7.60. The number of likely N-dealkylation sites (tertiary alicyclic amines) is 2. The van der Waals surface area contributed by atoms with Crippen LogP contribution >= 0.6 is 11.8 Å². The molecule has 2 aliphatic rings. The number of ether oxygens (including phenoxy) is 1. The molecule has 2 aromatic heterocycles. The Bertz CT molecular complexity index is 1230. The van der Waals surface area contributed by atoms with Gasteiger partial charge in [0.2, 0.25) is 5.88 Å². The van der Waals surface area contributed by atoms with E-state index in [0.29, 0.717) is 30.3 Å². The maximum Gasteiger partial charge on any atom is 0.416 e. The lowest BCUT2D eigenvalue weighted by Crippen LogP contribution is -2.40. The number of nitrogens with zero attached hydrogens (tertiary/aromatic N) is 5. The smallest absolute Gasteiger partial charge is 0.391 e. The van der Waals surface area contributed by atoms with E-state index in [9.17, 15) is 9.59 Å². The number of aromatic nitrogens is 3. The van der Waals surface area contributed by atoms with Crippen LogP contribution < -0.4 is 10.1 Å². The summed E-state index contributed by atoms with van der Waals surface area (Å²) in [7, 11) is 2.00. The molecule has 1 N–H and O–H groups in total. The number of anilines is 1. The maximum absolute atomic E-state index is 12.7. The lowest BCUT2D eigenvalue weighted by atomic mass is 9.99. The van der Waals surface area contributed by atoms with Crippen molar-refractivity contribution in [2.45, 2.75) is 43.8 Å². The first-order valence-corrected chi connectivity index (χ1v) is 14.7. The molecule has 9 nitrogen and oxygen atoms in total. The number of carbonyl (C=O) groups excluding carboxylic acids is 2. The summed E-state index contributed by atoms with van der Waals surface area (Å²) in [5, 5.41) is 3.88. The SMILES string of the molecule is Cn1ccnc1SCC1CCN(C(=O)Oc2ccc(NC(=O)c3ccc(CN4CCCCC4)cc3)cn2)CC1. The highest BCUT2D eigenvalue weighted by Gasteiger charge is 2.25. The quantitative estimate of drug-likeness (QED) is 0.394. The van der Waals surface area contributed by atoms with Crippen LogP contribution in [0.1, 0.15) is 48.0 Å². The summed E-state index contributed by atoms with van der Waals surface area (Å²) in [4.78, 5) is 38.1. The zero-order valence-corrected chi connectivity index (χ0v) is 23.2. The molecule has 0 radical (unpaired) electrons. The molecule has 3 aromatic rings. The van der Waals surface area contributed by atoms with Crippen LogP contribution in [0.4, 0.5) is 10.5 Å². The second kappa shape index (κ2) is 13.1. The predicted octanol–water partition coefficient (Wildman–Crippen LogP) is 5.06. The minimum Gasteiger partial charge on any atom is -0.391 e. The Kier molecular flexibility index (Phi) is 9.15. The molecule has 4 heterocycles. The van der Waals surface area contributed by atoms with E-state index in [1.165, 1.54) is 31.0 Å². The number of aryl methyl sites for hydroxylation is 1. The van der Waals surface area contributed by atoms with Gasteiger partial charge in [-0.2, -0.15) is 0 Å². The second-order valence-electron chi connectivity index (χ2n) is 10.3. The van der Waals surface area contributed by atoms with Gasteiger partial charge in [-0.15, -0.1) is 0 Å². The van der Waals surface area contributed by atoms with Gasteiger partial charge in [0.25, 0.3) is 5.91 Å². The van der Waals surface area contributed by atoms with Gasteiger partial charge in [0.15, 0.2) is 5.16 Å². The molecule has 0 saturated carbocycles. The van der Waals surface area contributed by atoms with Crippen molar-refractivity contribution < 1.29 is 14.3 Å². The van der Waals surface area contributed by atoms with Gasteiger partial charge in [-0.1, -0.05) is 30.3 Å². The highest BCUT2D eigenvalue weighted by Crippen LogP contribution is 2.26. The Morgan fingerprint density at radius 1 is 1.00 bits per heavy atom. The highest BCUT2D eigenvalue weighted by atomic mass is 32.2. The van der Waals surface area contributed by atoms with Crippen molar-refractivity contribution >= 4 is 29.4 Å². The van der Waals surface area contributed by atoms with E-state index < -0.39 is 0 Å². The number of amides is 2. The van der Waals surface area contributed by atoms with E-state index in [2.05, 4.69) is 20.2 Å². The van der Waals surface area contributed by atoms with Crippen LogP contribution in [0, 0.1) is 5.92 Å². The summed E-state index contributed by atoms with van der Waals surface area (Å²) in [5.41, 5.74) is 2.35. The van der Waals surface area contributed by atoms with Crippen LogP contribution in [0.15, 0.2) is 60.1 Å². The first-order chi connectivity index (χ1) is 19.0. The molecule has 0 spiro atoms. The maximum atomic E-state index is 12.7. The average Bonchev–Trinajstić information content (AvgIpc) is 3.38. The van der Waals surface area contributed by atoms with E-state index in [4.69, 9.17) is 4.74 Å². The number of hydrogen-bond donors (Lipinski definition) is 1. The van der Waals surface area contributed by atoms with E-state index in [0.717, 1.165) is 43.4 Å². The summed E-state index contributed by atoms with van der Waals surface area (Å²) in [6, 6.07) is 11.1. The zero-order chi connectivity index (χ0) is 27.0. The Morgan fingerprint density at radius 3 is 2.44 bits per heavy atom. The van der Waals surface area contributed by atoms with Gasteiger partial charge in [0.05, 0.1) is 11.9 Å². The van der Waals surface area contributed by atoms with Crippen LogP contribution in [-0.4, -0.2) is 68.3 Å². The predicted molar refractivity (Wildman–Crippen MR) is 152 cm³/mol. The number of rotatable bonds is 8. The topological polar surface area (TPSA) is 92.6 Å². The number of hydrogen-bond acceptors (Lipinski definition) is 7. The lowest BCUT2D eigenvalue weighted by molar-refractivity contribution is 0.102. The van der Waals surface area contributed by atoms with Gasteiger partial charge >= 0.3 is 6.09 Å². The van der Waals surface area contributed by atoms with Crippen molar-refractivity contribution in [2.24, 2.45) is 13.0 Å². The van der Waals surface area contributed by atoms with Crippen LogP contribution in [0.3, 0.4) is 0 Å². The average molecular weight is 549 g/mol. The zero-order valence-electron chi connectivity index (χ0n) is 22.4. The molecular weight excluding hydrogens is 512 g/mol. The fourth-order valence-electron chi connectivity index (χ4n) is 4.97. The Labute approximate surface area is 233 Å². The van der Waals surface area contributed by atoms with Crippen LogP contribution in [-0.2, 0) is 13.6 Å². The molecular formula is C29H36N6O3S. The van der Waals surface area contributed by atoms with Crippen LogP contribution in [0.25, 0.3) is 0 Å². The molecule has 2 fully saturated rings. The van der Waals surface area contributed by atoms with Crippen molar-refractivity contribution in [2.75, 3.05) is 37.2 Å². The standard InChI is InChI=1S/C29H36N6O3S/c1-33-18-13-30-28(33)39-21-23-11-16-35(17-12-23)29(37)38-26-10-9-25(19-31-26)32-27(36)24-7-5-22(6-8-24)20-34-14-3-2-4-15-34/h5-10,13,18-19,23H,2-4,11-12,14-17,20-21H2,1H3,(H,32,36). The summed E-state index contributed by atoms with van der Waals surface area (Å²) >= 11 is 1.76. The molecule has 2 aliphatic heterocycles. The van der Waals surface area contributed by atoms with Crippen molar-refractivity contribution in [3.05, 3.63) is 66.1 Å². The lowest BCUT2D eigenvalue weighted by Gasteiger charge is -2.30. The van der Waals surface area contributed by atoms with Gasteiger partial charge in [0, 0.05) is 56.5 Å². The van der Waals surface area contributed by atoms with Crippen molar-refractivity contribution in [3.8, 4) is 5.88 Å². The molecule has 1 aromatic carbocycles.